The van der Waals surface area contributed by atoms with Gasteiger partial charge in [-0.05, 0) is 51.8 Å². The highest BCUT2D eigenvalue weighted by Gasteiger charge is 2.25. The minimum Gasteiger partial charge on any atom is -0.444 e. The van der Waals surface area contributed by atoms with Crippen LogP contribution in [0.15, 0.2) is 30.6 Å². The van der Waals surface area contributed by atoms with Crippen LogP contribution in [0.5, 0.6) is 0 Å². The van der Waals surface area contributed by atoms with Crippen LogP contribution in [0.2, 0.25) is 5.15 Å². The predicted molar refractivity (Wildman–Crippen MR) is 118 cm³/mol. The van der Waals surface area contributed by atoms with Crippen LogP contribution in [0, 0.1) is 0 Å². The molecule has 1 aliphatic rings. The number of carbonyl (C=O) groups is 1. The van der Waals surface area contributed by atoms with Crippen LogP contribution in [0.1, 0.15) is 33.6 Å². The number of hydrogen-bond acceptors (Lipinski definition) is 8. The van der Waals surface area contributed by atoms with E-state index < -0.39 is 11.7 Å². The number of pyridine rings is 1. The topological polar surface area (TPSA) is 110 Å². The third kappa shape index (κ3) is 5.13. The molecule has 1 fully saturated rings. The van der Waals surface area contributed by atoms with Gasteiger partial charge in [-0.2, -0.15) is 9.61 Å². The predicted octanol–water partition coefficient (Wildman–Crippen LogP) is 3.41. The summed E-state index contributed by atoms with van der Waals surface area (Å²) in [5, 5.41) is 19.1. The summed E-state index contributed by atoms with van der Waals surface area (Å²) < 4.78 is 6.94. The third-order valence-electron chi connectivity index (χ3n) is 4.76. The molecule has 0 bridgehead atoms. The van der Waals surface area contributed by atoms with Gasteiger partial charge in [0.2, 0.25) is 0 Å². The summed E-state index contributed by atoms with van der Waals surface area (Å²) in [5.41, 5.74) is 1.76. The molecule has 164 valence electrons. The highest BCUT2D eigenvalue weighted by atomic mass is 35.5. The number of amides is 1. The van der Waals surface area contributed by atoms with Gasteiger partial charge in [0.15, 0.2) is 5.65 Å². The first-order chi connectivity index (χ1) is 14.8. The summed E-state index contributed by atoms with van der Waals surface area (Å²) in [6.45, 7) is 7.07. The number of carbonyl (C=O) groups excluding carboxylic acids is 1. The van der Waals surface area contributed by atoms with E-state index in [2.05, 4.69) is 35.8 Å². The van der Waals surface area contributed by atoms with Gasteiger partial charge < -0.3 is 20.3 Å². The maximum Gasteiger partial charge on any atom is 0.407 e. The van der Waals surface area contributed by atoms with Crippen LogP contribution in [-0.4, -0.2) is 55.6 Å². The van der Waals surface area contributed by atoms with E-state index in [0.717, 1.165) is 30.8 Å². The molecule has 0 spiro atoms. The van der Waals surface area contributed by atoms with Gasteiger partial charge in [0.1, 0.15) is 10.8 Å². The molecule has 1 atom stereocenters. The van der Waals surface area contributed by atoms with Gasteiger partial charge in [0.25, 0.3) is 5.95 Å². The average molecular weight is 445 g/mol. The maximum atomic E-state index is 12.2. The first-order valence-electron chi connectivity index (χ1n) is 10.1. The van der Waals surface area contributed by atoms with Gasteiger partial charge in [-0.25, -0.2) is 4.79 Å². The van der Waals surface area contributed by atoms with Crippen molar-refractivity contribution in [3.8, 4) is 0 Å². The molecule has 3 aromatic rings. The van der Waals surface area contributed by atoms with Crippen molar-refractivity contribution in [3.63, 3.8) is 0 Å². The van der Waals surface area contributed by atoms with E-state index in [0.29, 0.717) is 23.3 Å². The molecule has 0 saturated carbocycles. The molecule has 11 heteroatoms. The van der Waals surface area contributed by atoms with Crippen molar-refractivity contribution in [1.82, 2.24) is 30.1 Å². The largest absolute Gasteiger partial charge is 0.444 e. The van der Waals surface area contributed by atoms with Gasteiger partial charge in [-0.1, -0.05) is 11.6 Å². The molecule has 0 radical (unpaired) electrons. The van der Waals surface area contributed by atoms with Crippen molar-refractivity contribution in [2.24, 2.45) is 0 Å². The molecule has 1 aliphatic heterocycles. The first-order valence-corrected chi connectivity index (χ1v) is 10.5. The first kappa shape index (κ1) is 21.1. The summed E-state index contributed by atoms with van der Waals surface area (Å²) in [5.74, 6) is 0.437. The number of halogens is 1. The van der Waals surface area contributed by atoms with E-state index in [4.69, 9.17) is 16.3 Å². The Kier molecular flexibility index (Phi) is 5.81. The van der Waals surface area contributed by atoms with E-state index in [1.807, 2.05) is 26.8 Å². The number of anilines is 3. The standard InChI is InChI=1S/C20H25ClN8O2/c1-20(2,3)31-19(30)23-13-5-4-10-28(12-13)15-8-9-22-11-14(15)24-18-26-25-17-7-6-16(21)27-29(17)18/h6-9,11,13H,4-5,10,12H2,1-3H3,(H,23,30)(H,24,26)/t13-/m0/s1. The lowest BCUT2D eigenvalue weighted by molar-refractivity contribution is 0.0500. The fraction of sp³-hybridized carbons (Fsp3) is 0.450. The number of piperidine rings is 1. The Morgan fingerprint density at radius 3 is 2.90 bits per heavy atom. The molecule has 0 unspecified atom stereocenters. The molecular weight excluding hydrogens is 420 g/mol. The smallest absolute Gasteiger partial charge is 0.407 e. The lowest BCUT2D eigenvalue weighted by atomic mass is 10.0. The summed E-state index contributed by atoms with van der Waals surface area (Å²) in [6.07, 6.45) is 4.90. The molecule has 10 nitrogen and oxygen atoms in total. The molecule has 2 N–H and O–H groups in total. The summed E-state index contributed by atoms with van der Waals surface area (Å²) >= 11 is 6.02. The zero-order valence-electron chi connectivity index (χ0n) is 17.7. The van der Waals surface area contributed by atoms with Crippen LogP contribution in [-0.2, 0) is 4.74 Å². The van der Waals surface area contributed by atoms with Crippen molar-refractivity contribution >= 4 is 40.7 Å². The molecule has 31 heavy (non-hydrogen) atoms. The molecule has 0 aliphatic carbocycles. The number of nitrogens with zero attached hydrogens (tertiary/aromatic N) is 6. The molecular formula is C20H25ClN8O2. The number of alkyl carbamates (subject to hydrolysis) is 1. The quantitative estimate of drug-likeness (QED) is 0.630. The second-order valence-electron chi connectivity index (χ2n) is 8.40. The molecule has 1 amide bonds. The van der Waals surface area contributed by atoms with Crippen LogP contribution in [0.25, 0.3) is 5.65 Å². The minimum atomic E-state index is -0.529. The Morgan fingerprint density at radius 2 is 2.10 bits per heavy atom. The van der Waals surface area contributed by atoms with Crippen LogP contribution >= 0.6 is 11.6 Å². The van der Waals surface area contributed by atoms with E-state index in [1.54, 1.807) is 29.0 Å². The van der Waals surface area contributed by atoms with Crippen LogP contribution < -0.4 is 15.5 Å². The molecule has 4 rings (SSSR count). The number of nitrogens with one attached hydrogen (secondary N) is 2. The maximum absolute atomic E-state index is 12.2. The Morgan fingerprint density at radius 1 is 1.26 bits per heavy atom. The number of ether oxygens (including phenoxy) is 1. The average Bonchev–Trinajstić information content (AvgIpc) is 3.09. The van der Waals surface area contributed by atoms with Gasteiger partial charge in [0.05, 0.1) is 17.6 Å². The van der Waals surface area contributed by atoms with Crippen molar-refractivity contribution in [1.29, 1.82) is 0 Å². The van der Waals surface area contributed by atoms with Crippen LogP contribution in [0.4, 0.5) is 22.1 Å². The fourth-order valence-corrected chi connectivity index (χ4v) is 3.65. The number of hydrogen-bond donors (Lipinski definition) is 2. The second-order valence-corrected chi connectivity index (χ2v) is 8.79. The number of fused-ring (bicyclic) bond motifs is 1. The van der Waals surface area contributed by atoms with E-state index in [1.165, 1.54) is 0 Å². The minimum absolute atomic E-state index is 0.0148. The summed E-state index contributed by atoms with van der Waals surface area (Å²) in [4.78, 5) is 18.6. The normalized spacial score (nSPS) is 16.9. The molecule has 1 saturated heterocycles. The Hall–Kier alpha value is -3.14. The van der Waals surface area contributed by atoms with E-state index >= 15 is 0 Å². The lowest BCUT2D eigenvalue weighted by Crippen LogP contribution is -2.49. The van der Waals surface area contributed by atoms with E-state index in [9.17, 15) is 4.79 Å². The Bertz CT molecular complexity index is 1080. The molecule has 3 aromatic heterocycles. The van der Waals surface area contributed by atoms with Crippen molar-refractivity contribution in [2.45, 2.75) is 45.3 Å². The SMILES string of the molecule is CC(C)(C)OC(=O)N[C@H]1CCCN(c2ccncc2Nc2nnc3ccc(Cl)nn23)C1. The second kappa shape index (κ2) is 8.54. The Labute approximate surface area is 185 Å². The van der Waals surface area contributed by atoms with E-state index in [-0.39, 0.29) is 6.04 Å². The summed E-state index contributed by atoms with van der Waals surface area (Å²) in [6, 6.07) is 5.33. The lowest BCUT2D eigenvalue weighted by Gasteiger charge is -2.35. The Balaban J connectivity index is 1.51. The number of rotatable bonds is 4. The number of aromatic nitrogens is 5. The van der Waals surface area contributed by atoms with Gasteiger partial charge in [-0.3, -0.25) is 4.98 Å². The zero-order chi connectivity index (χ0) is 22.0. The monoisotopic (exact) mass is 444 g/mol. The zero-order valence-corrected chi connectivity index (χ0v) is 18.4. The fourth-order valence-electron chi connectivity index (χ4n) is 3.51. The van der Waals surface area contributed by atoms with Gasteiger partial charge >= 0.3 is 6.09 Å². The highest BCUT2D eigenvalue weighted by molar-refractivity contribution is 6.29. The molecule has 4 heterocycles. The highest BCUT2D eigenvalue weighted by Crippen LogP contribution is 2.29. The van der Waals surface area contributed by atoms with Crippen molar-refractivity contribution in [3.05, 3.63) is 35.7 Å². The van der Waals surface area contributed by atoms with Crippen LogP contribution in [0.3, 0.4) is 0 Å². The van der Waals surface area contributed by atoms with Crippen molar-refractivity contribution in [2.75, 3.05) is 23.3 Å². The van der Waals surface area contributed by atoms with Gasteiger partial charge in [-0.15, -0.1) is 10.2 Å². The molecule has 0 aromatic carbocycles. The summed E-state index contributed by atoms with van der Waals surface area (Å²) in [7, 11) is 0. The third-order valence-corrected chi connectivity index (χ3v) is 4.96. The van der Waals surface area contributed by atoms with Gasteiger partial charge in [0, 0.05) is 25.3 Å². The van der Waals surface area contributed by atoms with Crippen molar-refractivity contribution < 1.29 is 9.53 Å².